The SMILES string of the molecule is CC(C)CNc1cc(N2CC(=O)NC3(CC3)C2)ncn1. The average molecular weight is 275 g/mol. The maximum absolute atomic E-state index is 11.8. The molecule has 6 heteroatoms. The summed E-state index contributed by atoms with van der Waals surface area (Å²) in [6.45, 7) is 6.41. The molecular formula is C14H21N5O. The van der Waals surface area contributed by atoms with Crippen LogP contribution in [0.3, 0.4) is 0 Å². The number of carbonyl (C=O) groups excluding carboxylic acids is 1. The number of piperazine rings is 1. The van der Waals surface area contributed by atoms with Crippen LogP contribution in [0.2, 0.25) is 0 Å². The molecule has 1 aliphatic heterocycles. The molecule has 0 bridgehead atoms. The monoisotopic (exact) mass is 275 g/mol. The zero-order chi connectivity index (χ0) is 14.2. The number of nitrogens with zero attached hydrogens (tertiary/aromatic N) is 3. The highest BCUT2D eigenvalue weighted by atomic mass is 16.2. The Bertz CT molecular complexity index is 512. The van der Waals surface area contributed by atoms with Crippen LogP contribution in [0.1, 0.15) is 26.7 Å². The first-order chi connectivity index (χ1) is 9.56. The number of aromatic nitrogens is 2. The van der Waals surface area contributed by atoms with E-state index in [4.69, 9.17) is 0 Å². The largest absolute Gasteiger partial charge is 0.370 e. The summed E-state index contributed by atoms with van der Waals surface area (Å²) in [7, 11) is 0. The van der Waals surface area contributed by atoms with Crippen LogP contribution in [0, 0.1) is 5.92 Å². The summed E-state index contributed by atoms with van der Waals surface area (Å²) < 4.78 is 0. The first-order valence-electron chi connectivity index (χ1n) is 7.18. The van der Waals surface area contributed by atoms with Crippen LogP contribution in [-0.4, -0.2) is 41.0 Å². The molecule has 0 aromatic carbocycles. The second kappa shape index (κ2) is 4.92. The van der Waals surface area contributed by atoms with Gasteiger partial charge in [-0.05, 0) is 18.8 Å². The molecule has 2 aliphatic rings. The molecule has 20 heavy (non-hydrogen) atoms. The quantitative estimate of drug-likeness (QED) is 0.858. The zero-order valence-corrected chi connectivity index (χ0v) is 12.0. The van der Waals surface area contributed by atoms with E-state index in [2.05, 4.69) is 34.4 Å². The van der Waals surface area contributed by atoms with Crippen molar-refractivity contribution >= 4 is 17.5 Å². The van der Waals surface area contributed by atoms with Gasteiger partial charge in [-0.2, -0.15) is 0 Å². The third-order valence-corrected chi connectivity index (χ3v) is 3.75. The summed E-state index contributed by atoms with van der Waals surface area (Å²) in [4.78, 5) is 22.4. The van der Waals surface area contributed by atoms with Crippen LogP contribution in [0.15, 0.2) is 12.4 Å². The molecule has 0 radical (unpaired) electrons. The maximum Gasteiger partial charge on any atom is 0.240 e. The minimum absolute atomic E-state index is 0.00576. The molecule has 1 aromatic rings. The highest BCUT2D eigenvalue weighted by molar-refractivity contribution is 5.84. The highest BCUT2D eigenvalue weighted by Crippen LogP contribution is 2.38. The molecule has 1 spiro atoms. The van der Waals surface area contributed by atoms with Gasteiger partial charge in [-0.3, -0.25) is 4.79 Å². The topological polar surface area (TPSA) is 70.2 Å². The molecule has 2 N–H and O–H groups in total. The molecule has 1 saturated heterocycles. The number of rotatable bonds is 4. The summed E-state index contributed by atoms with van der Waals surface area (Å²) >= 11 is 0. The fraction of sp³-hybridized carbons (Fsp3) is 0.643. The van der Waals surface area contributed by atoms with Crippen molar-refractivity contribution in [2.24, 2.45) is 5.92 Å². The van der Waals surface area contributed by atoms with Crippen molar-refractivity contribution in [3.8, 4) is 0 Å². The van der Waals surface area contributed by atoms with Crippen molar-refractivity contribution in [1.29, 1.82) is 0 Å². The summed E-state index contributed by atoms with van der Waals surface area (Å²) in [6, 6.07) is 1.93. The first-order valence-corrected chi connectivity index (χ1v) is 7.18. The number of carbonyl (C=O) groups is 1. The lowest BCUT2D eigenvalue weighted by molar-refractivity contribution is -0.121. The molecule has 3 rings (SSSR count). The van der Waals surface area contributed by atoms with E-state index in [1.54, 1.807) is 6.33 Å². The molecule has 1 aromatic heterocycles. The van der Waals surface area contributed by atoms with Crippen LogP contribution < -0.4 is 15.5 Å². The van der Waals surface area contributed by atoms with Crippen LogP contribution in [-0.2, 0) is 4.79 Å². The van der Waals surface area contributed by atoms with Crippen LogP contribution in [0.5, 0.6) is 0 Å². The number of amides is 1. The Kier molecular flexibility index (Phi) is 3.23. The summed E-state index contributed by atoms with van der Waals surface area (Å²) in [5.74, 6) is 2.29. The van der Waals surface area contributed by atoms with Gasteiger partial charge in [0.2, 0.25) is 5.91 Å². The van der Waals surface area contributed by atoms with Crippen molar-refractivity contribution in [2.75, 3.05) is 29.9 Å². The van der Waals surface area contributed by atoms with Gasteiger partial charge in [-0.1, -0.05) is 13.8 Å². The smallest absolute Gasteiger partial charge is 0.240 e. The number of nitrogens with one attached hydrogen (secondary N) is 2. The standard InChI is InChI=1S/C14H21N5O/c1-10(2)6-15-11-5-12(17-9-16-11)19-7-13(20)18-14(8-19)3-4-14/h5,9-10H,3-4,6-8H2,1-2H3,(H,18,20)(H,15,16,17). The Morgan fingerprint density at radius 1 is 1.45 bits per heavy atom. The predicted molar refractivity (Wildman–Crippen MR) is 77.7 cm³/mol. The molecule has 1 aliphatic carbocycles. The van der Waals surface area contributed by atoms with E-state index >= 15 is 0 Å². The minimum atomic E-state index is 0.00576. The van der Waals surface area contributed by atoms with E-state index in [1.165, 1.54) is 0 Å². The van der Waals surface area contributed by atoms with Gasteiger partial charge in [-0.15, -0.1) is 0 Å². The first kappa shape index (κ1) is 13.1. The average Bonchev–Trinajstić information content (AvgIpc) is 3.14. The second-order valence-electron chi connectivity index (χ2n) is 6.22. The molecule has 108 valence electrons. The molecule has 0 atom stereocenters. The van der Waals surface area contributed by atoms with E-state index in [-0.39, 0.29) is 11.4 Å². The third kappa shape index (κ3) is 2.84. The Hall–Kier alpha value is -1.85. The van der Waals surface area contributed by atoms with Gasteiger partial charge in [0.1, 0.15) is 18.0 Å². The Balaban J connectivity index is 1.72. The maximum atomic E-state index is 11.8. The molecule has 2 fully saturated rings. The lowest BCUT2D eigenvalue weighted by atomic mass is 10.2. The normalized spacial score (nSPS) is 20.1. The third-order valence-electron chi connectivity index (χ3n) is 3.75. The molecule has 6 nitrogen and oxygen atoms in total. The van der Waals surface area contributed by atoms with Crippen LogP contribution in [0.25, 0.3) is 0 Å². The molecular weight excluding hydrogens is 254 g/mol. The van der Waals surface area contributed by atoms with Crippen molar-refractivity contribution < 1.29 is 4.79 Å². The summed E-state index contributed by atoms with van der Waals surface area (Å²) in [5.41, 5.74) is 0.00576. The molecule has 1 saturated carbocycles. The Morgan fingerprint density at radius 3 is 2.95 bits per heavy atom. The zero-order valence-electron chi connectivity index (χ0n) is 12.0. The van der Waals surface area contributed by atoms with Gasteiger partial charge in [0.25, 0.3) is 0 Å². The van der Waals surface area contributed by atoms with Crippen molar-refractivity contribution in [3.05, 3.63) is 12.4 Å². The highest BCUT2D eigenvalue weighted by Gasteiger charge is 2.48. The number of hydrogen-bond acceptors (Lipinski definition) is 5. The van der Waals surface area contributed by atoms with Gasteiger partial charge >= 0.3 is 0 Å². The Labute approximate surface area is 119 Å². The van der Waals surface area contributed by atoms with Gasteiger partial charge in [0, 0.05) is 19.2 Å². The van der Waals surface area contributed by atoms with Crippen LogP contribution in [0.4, 0.5) is 11.6 Å². The molecule has 0 unspecified atom stereocenters. The van der Waals surface area contributed by atoms with Gasteiger partial charge in [0.05, 0.1) is 12.1 Å². The fourth-order valence-electron chi connectivity index (χ4n) is 2.49. The van der Waals surface area contributed by atoms with Crippen molar-refractivity contribution in [1.82, 2.24) is 15.3 Å². The fourth-order valence-corrected chi connectivity index (χ4v) is 2.49. The minimum Gasteiger partial charge on any atom is -0.370 e. The van der Waals surface area contributed by atoms with E-state index in [0.717, 1.165) is 37.6 Å². The van der Waals surface area contributed by atoms with Gasteiger partial charge < -0.3 is 15.5 Å². The molecule has 2 heterocycles. The second-order valence-corrected chi connectivity index (χ2v) is 6.22. The van der Waals surface area contributed by atoms with Gasteiger partial charge in [-0.25, -0.2) is 9.97 Å². The molecule has 1 amide bonds. The van der Waals surface area contributed by atoms with Crippen molar-refractivity contribution in [2.45, 2.75) is 32.2 Å². The van der Waals surface area contributed by atoms with E-state index in [1.807, 2.05) is 11.0 Å². The lowest BCUT2D eigenvalue weighted by Crippen LogP contribution is -2.56. The lowest BCUT2D eigenvalue weighted by Gasteiger charge is -2.34. The number of anilines is 2. The summed E-state index contributed by atoms with van der Waals surface area (Å²) in [5, 5.41) is 6.37. The van der Waals surface area contributed by atoms with Crippen molar-refractivity contribution in [3.63, 3.8) is 0 Å². The van der Waals surface area contributed by atoms with E-state index in [9.17, 15) is 4.79 Å². The number of hydrogen-bond donors (Lipinski definition) is 2. The van der Waals surface area contributed by atoms with Gasteiger partial charge in [0.15, 0.2) is 0 Å². The Morgan fingerprint density at radius 2 is 2.25 bits per heavy atom. The van der Waals surface area contributed by atoms with E-state index < -0.39 is 0 Å². The summed E-state index contributed by atoms with van der Waals surface area (Å²) in [6.07, 6.45) is 3.70. The van der Waals surface area contributed by atoms with Crippen LogP contribution >= 0.6 is 0 Å². The predicted octanol–water partition coefficient (Wildman–Crippen LogP) is 1.01. The van der Waals surface area contributed by atoms with E-state index in [0.29, 0.717) is 12.5 Å².